The number of fused-ring (bicyclic) bond motifs is 1. The highest BCUT2D eigenvalue weighted by atomic mass is 16.5. The Balaban J connectivity index is 1.92. The molecule has 0 aromatic heterocycles. The van der Waals surface area contributed by atoms with Crippen molar-refractivity contribution >= 4 is 11.9 Å². The molecule has 1 fully saturated rings. The van der Waals surface area contributed by atoms with E-state index in [0.717, 1.165) is 12.8 Å². The first-order valence-corrected chi connectivity index (χ1v) is 6.91. The van der Waals surface area contributed by atoms with Crippen LogP contribution in [0, 0.1) is 5.92 Å². The zero-order chi connectivity index (χ0) is 14.1. The lowest BCUT2D eigenvalue weighted by Gasteiger charge is -2.26. The lowest BCUT2D eigenvalue weighted by Crippen LogP contribution is -2.40. The van der Waals surface area contributed by atoms with Crippen molar-refractivity contribution in [1.29, 1.82) is 0 Å². The molecule has 3 rings (SSSR count). The molecule has 5 heteroatoms. The number of hydrogen-bond acceptors (Lipinski definition) is 3. The first-order valence-electron chi connectivity index (χ1n) is 6.91. The van der Waals surface area contributed by atoms with Crippen LogP contribution in [0.1, 0.15) is 30.9 Å². The van der Waals surface area contributed by atoms with Crippen LogP contribution in [-0.4, -0.2) is 35.0 Å². The summed E-state index contributed by atoms with van der Waals surface area (Å²) in [5, 5.41) is 9.53. The van der Waals surface area contributed by atoms with E-state index in [1.165, 1.54) is 4.90 Å². The van der Waals surface area contributed by atoms with E-state index < -0.39 is 12.0 Å². The second-order valence-corrected chi connectivity index (χ2v) is 5.36. The molecule has 1 heterocycles. The van der Waals surface area contributed by atoms with Gasteiger partial charge >= 0.3 is 5.97 Å². The third kappa shape index (κ3) is 2.48. The minimum Gasteiger partial charge on any atom is -0.491 e. The van der Waals surface area contributed by atoms with Crippen LogP contribution in [0.5, 0.6) is 5.75 Å². The lowest BCUT2D eigenvalue weighted by molar-refractivity contribution is -0.150. The van der Waals surface area contributed by atoms with E-state index in [1.807, 2.05) is 0 Å². The Hall–Kier alpha value is -2.04. The van der Waals surface area contributed by atoms with Gasteiger partial charge in [0.1, 0.15) is 12.4 Å². The van der Waals surface area contributed by atoms with Crippen molar-refractivity contribution in [3.05, 3.63) is 29.8 Å². The van der Waals surface area contributed by atoms with Gasteiger partial charge in [-0.3, -0.25) is 4.79 Å². The molecular formula is C15H17NO4. The van der Waals surface area contributed by atoms with Crippen LogP contribution in [0.15, 0.2) is 24.3 Å². The van der Waals surface area contributed by atoms with E-state index in [4.69, 9.17) is 4.74 Å². The van der Waals surface area contributed by atoms with Crippen molar-refractivity contribution in [2.45, 2.75) is 25.3 Å². The Kier molecular flexibility index (Phi) is 3.34. The van der Waals surface area contributed by atoms with Crippen molar-refractivity contribution in [3.63, 3.8) is 0 Å². The first kappa shape index (κ1) is 13.0. The molecule has 20 heavy (non-hydrogen) atoms. The van der Waals surface area contributed by atoms with Gasteiger partial charge in [-0.1, -0.05) is 18.2 Å². The summed E-state index contributed by atoms with van der Waals surface area (Å²) >= 11 is 0. The highest BCUT2D eigenvalue weighted by Gasteiger charge is 2.37. The Labute approximate surface area is 117 Å². The molecule has 1 aliphatic carbocycles. The summed E-state index contributed by atoms with van der Waals surface area (Å²) in [6.07, 6.45) is 2.60. The molecule has 0 saturated heterocycles. The number of carbonyl (C=O) groups is 2. The molecule has 1 aromatic carbocycles. The van der Waals surface area contributed by atoms with Gasteiger partial charge in [0.15, 0.2) is 6.04 Å². The molecule has 1 amide bonds. The monoisotopic (exact) mass is 275 g/mol. The van der Waals surface area contributed by atoms with Crippen LogP contribution in [0.3, 0.4) is 0 Å². The fourth-order valence-corrected chi connectivity index (χ4v) is 2.61. The Bertz CT molecular complexity index is 538. The number of ether oxygens (including phenoxy) is 1. The molecule has 1 saturated carbocycles. The van der Waals surface area contributed by atoms with Gasteiger partial charge < -0.3 is 14.7 Å². The predicted octanol–water partition coefficient (Wildman–Crippen LogP) is 1.83. The number of carboxylic acids is 1. The molecule has 0 radical (unpaired) electrons. The predicted molar refractivity (Wildman–Crippen MR) is 71.4 cm³/mol. The van der Waals surface area contributed by atoms with Crippen LogP contribution in [0.25, 0.3) is 0 Å². The van der Waals surface area contributed by atoms with E-state index in [0.29, 0.717) is 36.8 Å². The summed E-state index contributed by atoms with van der Waals surface area (Å²) < 4.78 is 5.57. The Morgan fingerprint density at radius 2 is 2.05 bits per heavy atom. The number of aliphatic carboxylic acids is 1. The van der Waals surface area contributed by atoms with Crippen molar-refractivity contribution < 1.29 is 19.4 Å². The topological polar surface area (TPSA) is 66.8 Å². The highest BCUT2D eigenvalue weighted by Crippen LogP contribution is 2.36. The second-order valence-electron chi connectivity index (χ2n) is 5.36. The number of carbonyl (C=O) groups excluding carboxylic acids is 1. The van der Waals surface area contributed by atoms with E-state index in [9.17, 15) is 14.7 Å². The van der Waals surface area contributed by atoms with Gasteiger partial charge in [-0.15, -0.1) is 0 Å². The molecule has 2 aliphatic rings. The summed E-state index contributed by atoms with van der Waals surface area (Å²) in [7, 11) is 0. The smallest absolute Gasteiger partial charge is 0.331 e. The standard InChI is InChI=1S/C15H17NO4/c17-13(9-10-5-6-10)16-7-8-20-12-4-2-1-3-11(12)14(16)15(18)19/h1-4,10,14H,5-9H2,(H,18,19). The minimum absolute atomic E-state index is 0.0831. The van der Waals surface area contributed by atoms with Gasteiger partial charge in [-0.05, 0) is 24.8 Å². The van der Waals surface area contributed by atoms with E-state index in [-0.39, 0.29) is 5.91 Å². The number of benzene rings is 1. The van der Waals surface area contributed by atoms with E-state index in [2.05, 4.69) is 0 Å². The first-order chi connectivity index (χ1) is 9.66. The summed E-state index contributed by atoms with van der Waals surface area (Å²) in [5.74, 6) is -0.0923. The molecular weight excluding hydrogens is 258 g/mol. The summed E-state index contributed by atoms with van der Waals surface area (Å²) in [6.45, 7) is 0.647. The minimum atomic E-state index is -1.01. The van der Waals surface area contributed by atoms with Gasteiger partial charge in [-0.2, -0.15) is 0 Å². The van der Waals surface area contributed by atoms with Crippen LogP contribution in [0.4, 0.5) is 0 Å². The van der Waals surface area contributed by atoms with Crippen LogP contribution in [-0.2, 0) is 9.59 Å². The molecule has 1 aliphatic heterocycles. The zero-order valence-corrected chi connectivity index (χ0v) is 11.1. The van der Waals surface area contributed by atoms with Crippen molar-refractivity contribution in [3.8, 4) is 5.75 Å². The number of hydrogen-bond donors (Lipinski definition) is 1. The van der Waals surface area contributed by atoms with Crippen molar-refractivity contribution in [1.82, 2.24) is 4.90 Å². The fraction of sp³-hybridized carbons (Fsp3) is 0.467. The quantitative estimate of drug-likeness (QED) is 0.914. The molecule has 0 bridgehead atoms. The Morgan fingerprint density at radius 3 is 2.75 bits per heavy atom. The van der Waals surface area contributed by atoms with Gasteiger partial charge in [-0.25, -0.2) is 4.79 Å². The third-order valence-corrected chi connectivity index (χ3v) is 3.83. The van der Waals surface area contributed by atoms with Gasteiger partial charge in [0.05, 0.1) is 6.54 Å². The average Bonchev–Trinajstić information content (AvgIpc) is 3.22. The molecule has 1 atom stereocenters. The number of carboxylic acid groups (broad SMARTS) is 1. The number of rotatable bonds is 3. The molecule has 0 spiro atoms. The number of nitrogens with zero attached hydrogens (tertiary/aromatic N) is 1. The van der Waals surface area contributed by atoms with Gasteiger partial charge in [0.25, 0.3) is 0 Å². The molecule has 1 N–H and O–H groups in total. The van der Waals surface area contributed by atoms with E-state index in [1.54, 1.807) is 24.3 Å². The summed E-state index contributed by atoms with van der Waals surface area (Å²) in [4.78, 5) is 25.4. The number of amides is 1. The SMILES string of the molecule is O=C(O)C1c2ccccc2OCCN1C(=O)CC1CC1. The normalized spacial score (nSPS) is 21.6. The van der Waals surface area contributed by atoms with E-state index >= 15 is 0 Å². The second kappa shape index (κ2) is 5.15. The van der Waals surface area contributed by atoms with Crippen LogP contribution in [0.2, 0.25) is 0 Å². The van der Waals surface area contributed by atoms with Crippen molar-refractivity contribution in [2.75, 3.05) is 13.2 Å². The Morgan fingerprint density at radius 1 is 1.30 bits per heavy atom. The maximum Gasteiger partial charge on any atom is 0.331 e. The van der Waals surface area contributed by atoms with Gasteiger partial charge in [0.2, 0.25) is 5.91 Å². The molecule has 5 nitrogen and oxygen atoms in total. The molecule has 1 unspecified atom stereocenters. The van der Waals surface area contributed by atoms with Gasteiger partial charge in [0, 0.05) is 12.0 Å². The highest BCUT2D eigenvalue weighted by molar-refractivity contribution is 5.85. The van der Waals surface area contributed by atoms with Crippen LogP contribution < -0.4 is 4.74 Å². The fourth-order valence-electron chi connectivity index (χ4n) is 2.61. The maximum absolute atomic E-state index is 12.3. The maximum atomic E-state index is 12.3. The third-order valence-electron chi connectivity index (χ3n) is 3.83. The zero-order valence-electron chi connectivity index (χ0n) is 11.1. The summed E-state index contributed by atoms with van der Waals surface area (Å²) in [6, 6.07) is 6.10. The molecule has 106 valence electrons. The average molecular weight is 275 g/mol. The van der Waals surface area contributed by atoms with Crippen LogP contribution >= 0.6 is 0 Å². The summed E-state index contributed by atoms with van der Waals surface area (Å²) in [5.41, 5.74) is 0.557. The largest absolute Gasteiger partial charge is 0.491 e. The lowest BCUT2D eigenvalue weighted by atomic mass is 10.0. The number of para-hydroxylation sites is 1. The van der Waals surface area contributed by atoms with Crippen molar-refractivity contribution in [2.24, 2.45) is 5.92 Å². The molecule has 1 aromatic rings.